The van der Waals surface area contributed by atoms with Gasteiger partial charge in [0, 0.05) is 43.0 Å². The summed E-state index contributed by atoms with van der Waals surface area (Å²) >= 11 is 0. The van der Waals surface area contributed by atoms with Crippen LogP contribution in [-0.2, 0) is 12.6 Å². The summed E-state index contributed by atoms with van der Waals surface area (Å²) in [5, 5.41) is 6.55. The van der Waals surface area contributed by atoms with Gasteiger partial charge in [0.25, 0.3) is 5.91 Å². The molecule has 2 N–H and O–H groups in total. The van der Waals surface area contributed by atoms with Crippen molar-refractivity contribution >= 4 is 22.6 Å². The molecule has 10 heteroatoms. The van der Waals surface area contributed by atoms with Crippen LogP contribution in [0.5, 0.6) is 0 Å². The number of carbonyl (C=O) groups excluding carboxylic acids is 1. The molecule has 0 aliphatic heterocycles. The van der Waals surface area contributed by atoms with Crippen LogP contribution in [0.3, 0.4) is 0 Å². The number of pyridine rings is 2. The van der Waals surface area contributed by atoms with Gasteiger partial charge in [-0.1, -0.05) is 18.2 Å². The third-order valence-electron chi connectivity index (χ3n) is 5.04. The Hall–Kier alpha value is -4.08. The molecule has 0 radical (unpaired) electrons. The van der Waals surface area contributed by atoms with Crippen LogP contribution in [-0.4, -0.2) is 39.4 Å². The number of para-hydroxylation sites is 1. The Morgan fingerprint density at radius 3 is 2.61 bits per heavy atom. The maximum atomic E-state index is 13.0. The van der Waals surface area contributed by atoms with Gasteiger partial charge in [-0.3, -0.25) is 14.8 Å². The maximum Gasteiger partial charge on any atom is 0.433 e. The van der Waals surface area contributed by atoms with Gasteiger partial charge in [0.15, 0.2) is 0 Å². The number of hydrogen-bond donors (Lipinski definition) is 2. The fourth-order valence-electron chi connectivity index (χ4n) is 3.45. The fraction of sp³-hybridized carbons (Fsp3) is 0.174. The largest absolute Gasteiger partial charge is 0.433 e. The second kappa shape index (κ2) is 9.19. The highest BCUT2D eigenvalue weighted by atomic mass is 19.4. The van der Waals surface area contributed by atoms with Gasteiger partial charge in [0.05, 0.1) is 16.8 Å². The second-order valence-electron chi connectivity index (χ2n) is 7.14. The minimum Gasteiger partial charge on any atom is -0.370 e. The van der Waals surface area contributed by atoms with Crippen molar-refractivity contribution in [2.45, 2.75) is 12.6 Å². The summed E-state index contributed by atoms with van der Waals surface area (Å²) in [5.41, 5.74) is 1.90. The summed E-state index contributed by atoms with van der Waals surface area (Å²) in [5.74, 6) is 0.292. The summed E-state index contributed by atoms with van der Waals surface area (Å²) in [6.07, 6.45) is 0.0570. The lowest BCUT2D eigenvalue weighted by molar-refractivity contribution is -0.141. The van der Waals surface area contributed by atoms with Gasteiger partial charge in [-0.15, -0.1) is 0 Å². The Labute approximate surface area is 187 Å². The fourth-order valence-corrected chi connectivity index (χ4v) is 3.45. The smallest absolute Gasteiger partial charge is 0.370 e. The quantitative estimate of drug-likeness (QED) is 0.457. The number of halogens is 3. The summed E-state index contributed by atoms with van der Waals surface area (Å²) in [7, 11) is 1.58. The van der Waals surface area contributed by atoms with E-state index in [2.05, 4.69) is 30.6 Å². The molecule has 0 spiro atoms. The second-order valence-corrected chi connectivity index (χ2v) is 7.14. The van der Waals surface area contributed by atoms with Crippen LogP contribution in [0.1, 0.15) is 21.6 Å². The van der Waals surface area contributed by atoms with E-state index in [4.69, 9.17) is 0 Å². The SMILES string of the molecule is CNC(=O)c1ccnc2c(CCNc3cc(-c4ccnc(C(F)(F)F)c4)ncn3)cccc12. The zero-order valence-corrected chi connectivity index (χ0v) is 17.5. The summed E-state index contributed by atoms with van der Waals surface area (Å²) in [4.78, 5) is 28.2. The average Bonchev–Trinajstić information content (AvgIpc) is 2.83. The number of anilines is 1. The first-order valence-electron chi connectivity index (χ1n) is 10.0. The molecule has 4 aromatic rings. The molecule has 3 aromatic heterocycles. The van der Waals surface area contributed by atoms with Gasteiger partial charge in [-0.25, -0.2) is 9.97 Å². The highest BCUT2D eigenvalue weighted by molar-refractivity contribution is 6.06. The number of amides is 1. The number of aromatic nitrogens is 4. The van der Waals surface area contributed by atoms with Crippen molar-refractivity contribution in [3.8, 4) is 11.3 Å². The lowest BCUT2D eigenvalue weighted by atomic mass is 10.0. The molecular weight excluding hydrogens is 433 g/mol. The Morgan fingerprint density at radius 2 is 1.82 bits per heavy atom. The van der Waals surface area contributed by atoms with Crippen LogP contribution in [0.2, 0.25) is 0 Å². The predicted molar refractivity (Wildman–Crippen MR) is 118 cm³/mol. The topological polar surface area (TPSA) is 92.7 Å². The number of fused-ring (bicyclic) bond motifs is 1. The van der Waals surface area contributed by atoms with Crippen molar-refractivity contribution in [3.05, 3.63) is 78.0 Å². The van der Waals surface area contributed by atoms with E-state index in [1.807, 2.05) is 18.2 Å². The summed E-state index contributed by atoms with van der Waals surface area (Å²) < 4.78 is 38.9. The highest BCUT2D eigenvalue weighted by Gasteiger charge is 2.32. The van der Waals surface area contributed by atoms with E-state index in [1.54, 1.807) is 25.4 Å². The van der Waals surface area contributed by atoms with Crippen molar-refractivity contribution in [1.82, 2.24) is 25.3 Å². The zero-order valence-electron chi connectivity index (χ0n) is 17.5. The number of alkyl halides is 3. The van der Waals surface area contributed by atoms with Crippen LogP contribution in [0, 0.1) is 0 Å². The molecule has 1 amide bonds. The third kappa shape index (κ3) is 4.89. The van der Waals surface area contributed by atoms with Crippen molar-refractivity contribution in [1.29, 1.82) is 0 Å². The Balaban J connectivity index is 1.50. The number of nitrogens with zero attached hydrogens (tertiary/aromatic N) is 4. The van der Waals surface area contributed by atoms with Gasteiger partial charge in [-0.05, 0) is 30.2 Å². The lowest BCUT2D eigenvalue weighted by Gasteiger charge is -2.11. The standard InChI is InChI=1S/C23H19F3N6O/c1-27-22(33)17-7-10-30-21-14(3-2-4-16(17)21)5-9-29-20-12-18(31-13-32-20)15-6-8-28-19(11-15)23(24,25)26/h2-4,6-8,10-13H,5,9H2,1H3,(H,27,33)(H,29,31,32). The Bertz CT molecular complexity index is 1310. The van der Waals surface area contributed by atoms with Crippen molar-refractivity contribution < 1.29 is 18.0 Å². The van der Waals surface area contributed by atoms with E-state index in [9.17, 15) is 18.0 Å². The van der Waals surface area contributed by atoms with E-state index in [0.717, 1.165) is 28.7 Å². The van der Waals surface area contributed by atoms with Crippen molar-refractivity contribution in [2.24, 2.45) is 0 Å². The first kappa shape index (κ1) is 22.1. The molecule has 33 heavy (non-hydrogen) atoms. The molecule has 0 unspecified atom stereocenters. The molecule has 3 heterocycles. The molecule has 0 saturated carbocycles. The number of benzene rings is 1. The van der Waals surface area contributed by atoms with E-state index in [-0.39, 0.29) is 5.91 Å². The summed E-state index contributed by atoms with van der Waals surface area (Å²) in [6.45, 7) is 0.492. The van der Waals surface area contributed by atoms with Gasteiger partial charge >= 0.3 is 6.18 Å². The van der Waals surface area contributed by atoms with E-state index in [1.165, 1.54) is 12.4 Å². The van der Waals surface area contributed by atoms with Crippen LogP contribution in [0.4, 0.5) is 19.0 Å². The van der Waals surface area contributed by atoms with Gasteiger partial charge < -0.3 is 10.6 Å². The Kier molecular flexibility index (Phi) is 6.16. The molecule has 0 fully saturated rings. The van der Waals surface area contributed by atoms with Crippen molar-refractivity contribution in [3.63, 3.8) is 0 Å². The van der Waals surface area contributed by atoms with E-state index in [0.29, 0.717) is 35.6 Å². The number of rotatable bonds is 6. The van der Waals surface area contributed by atoms with Crippen LogP contribution in [0.15, 0.2) is 61.2 Å². The minimum absolute atomic E-state index is 0.184. The summed E-state index contributed by atoms with van der Waals surface area (Å²) in [6, 6.07) is 11.3. The molecule has 0 atom stereocenters. The highest BCUT2D eigenvalue weighted by Crippen LogP contribution is 2.30. The monoisotopic (exact) mass is 452 g/mol. The minimum atomic E-state index is -4.53. The van der Waals surface area contributed by atoms with Crippen LogP contribution >= 0.6 is 0 Å². The average molecular weight is 452 g/mol. The maximum absolute atomic E-state index is 13.0. The third-order valence-corrected chi connectivity index (χ3v) is 5.04. The van der Waals surface area contributed by atoms with E-state index >= 15 is 0 Å². The van der Waals surface area contributed by atoms with Gasteiger partial charge in [0.2, 0.25) is 0 Å². The molecule has 0 aliphatic carbocycles. The first-order valence-corrected chi connectivity index (χ1v) is 10.0. The van der Waals surface area contributed by atoms with Crippen LogP contribution < -0.4 is 10.6 Å². The number of nitrogens with one attached hydrogen (secondary N) is 2. The van der Waals surface area contributed by atoms with Crippen LogP contribution in [0.25, 0.3) is 22.2 Å². The lowest BCUT2D eigenvalue weighted by Crippen LogP contribution is -2.18. The normalized spacial score (nSPS) is 11.4. The molecule has 0 saturated heterocycles. The molecule has 7 nitrogen and oxygen atoms in total. The predicted octanol–water partition coefficient (Wildman–Crippen LogP) is 4.12. The van der Waals surface area contributed by atoms with Gasteiger partial charge in [-0.2, -0.15) is 13.2 Å². The molecule has 4 rings (SSSR count). The van der Waals surface area contributed by atoms with E-state index < -0.39 is 11.9 Å². The van der Waals surface area contributed by atoms with Gasteiger partial charge in [0.1, 0.15) is 17.8 Å². The van der Waals surface area contributed by atoms with Crippen molar-refractivity contribution in [2.75, 3.05) is 18.9 Å². The zero-order chi connectivity index (χ0) is 23.4. The number of carbonyl (C=O) groups is 1. The molecule has 1 aromatic carbocycles. The molecule has 168 valence electrons. The first-order chi connectivity index (χ1) is 15.9. The molecule has 0 aliphatic rings. The molecule has 0 bridgehead atoms. The Morgan fingerprint density at radius 1 is 1.00 bits per heavy atom. The molecular formula is C23H19F3N6O. The number of hydrogen-bond acceptors (Lipinski definition) is 6.